The van der Waals surface area contributed by atoms with Crippen molar-refractivity contribution in [3.63, 3.8) is 0 Å². The van der Waals surface area contributed by atoms with E-state index in [1.165, 1.54) is 0 Å². The first kappa shape index (κ1) is 20.2. The molecule has 0 fully saturated rings. The van der Waals surface area contributed by atoms with Crippen molar-refractivity contribution in [2.45, 2.75) is 32.2 Å². The summed E-state index contributed by atoms with van der Waals surface area (Å²) in [5.41, 5.74) is 5.84. The number of para-hydroxylation sites is 2. The lowest BCUT2D eigenvalue weighted by molar-refractivity contribution is -0.119. The van der Waals surface area contributed by atoms with Crippen LogP contribution in [0.2, 0.25) is 0 Å². The summed E-state index contributed by atoms with van der Waals surface area (Å²) in [6.07, 6.45) is 4.38. The minimum atomic E-state index is -0.278. The summed E-state index contributed by atoms with van der Waals surface area (Å²) in [4.78, 5) is 24.8. The summed E-state index contributed by atoms with van der Waals surface area (Å²) in [5, 5.41) is 3.15. The number of nitrogens with zero attached hydrogens (tertiary/aromatic N) is 4. The Hall–Kier alpha value is -3.67. The molecule has 0 bridgehead atoms. The normalized spacial score (nSPS) is 15.1. The monoisotopic (exact) mass is 425 g/mol. The number of hydrogen-bond donors (Lipinski definition) is 1. The van der Waals surface area contributed by atoms with Crippen LogP contribution in [0, 0.1) is 0 Å². The van der Waals surface area contributed by atoms with Gasteiger partial charge in [0.05, 0.1) is 16.7 Å². The Morgan fingerprint density at radius 2 is 1.94 bits per heavy atom. The quantitative estimate of drug-likeness (QED) is 0.468. The van der Waals surface area contributed by atoms with E-state index in [-0.39, 0.29) is 11.9 Å². The van der Waals surface area contributed by atoms with Gasteiger partial charge < -0.3 is 14.8 Å². The van der Waals surface area contributed by atoms with Gasteiger partial charge in [0.2, 0.25) is 5.91 Å². The van der Waals surface area contributed by atoms with Gasteiger partial charge >= 0.3 is 0 Å². The Morgan fingerprint density at radius 1 is 1.09 bits per heavy atom. The Kier molecular flexibility index (Phi) is 5.35. The first-order valence-electron chi connectivity index (χ1n) is 11.2. The first-order chi connectivity index (χ1) is 15.7. The lowest BCUT2D eigenvalue weighted by atomic mass is 10.1. The molecule has 0 saturated carbocycles. The molecule has 2 aromatic heterocycles. The van der Waals surface area contributed by atoms with E-state index in [0.717, 1.165) is 65.3 Å². The number of pyridine rings is 1. The highest BCUT2D eigenvalue weighted by Gasteiger charge is 2.30. The Morgan fingerprint density at radius 3 is 2.75 bits per heavy atom. The number of imidazole rings is 1. The van der Waals surface area contributed by atoms with Gasteiger partial charge in [-0.1, -0.05) is 31.5 Å². The van der Waals surface area contributed by atoms with Crippen molar-refractivity contribution in [2.24, 2.45) is 0 Å². The molecule has 1 aliphatic rings. The number of amides is 1. The number of hydrogen-bond acceptors (Lipinski definition) is 4. The third-order valence-corrected chi connectivity index (χ3v) is 6.14. The van der Waals surface area contributed by atoms with E-state index in [1.807, 2.05) is 42.6 Å². The summed E-state index contributed by atoms with van der Waals surface area (Å²) >= 11 is 0. The molecule has 0 saturated heterocycles. The Labute approximate surface area is 187 Å². The van der Waals surface area contributed by atoms with Crippen LogP contribution >= 0.6 is 0 Å². The molecular weight excluding hydrogens is 398 g/mol. The molecule has 1 aliphatic heterocycles. The molecule has 2 aromatic carbocycles. The number of benzene rings is 2. The summed E-state index contributed by atoms with van der Waals surface area (Å²) in [7, 11) is 2.09. The van der Waals surface area contributed by atoms with E-state index in [1.54, 1.807) is 0 Å². The molecule has 0 spiro atoms. The molecule has 0 radical (unpaired) electrons. The molecule has 5 rings (SSSR count). The molecule has 162 valence electrons. The fourth-order valence-corrected chi connectivity index (χ4v) is 4.44. The minimum Gasteiger partial charge on any atom is -0.374 e. The molecule has 32 heavy (non-hydrogen) atoms. The van der Waals surface area contributed by atoms with E-state index < -0.39 is 0 Å². The number of rotatable bonds is 6. The zero-order chi connectivity index (χ0) is 22.1. The first-order valence-corrected chi connectivity index (χ1v) is 11.2. The van der Waals surface area contributed by atoms with E-state index >= 15 is 0 Å². The maximum Gasteiger partial charge on any atom is 0.247 e. The van der Waals surface area contributed by atoms with E-state index in [2.05, 4.69) is 58.0 Å². The van der Waals surface area contributed by atoms with Gasteiger partial charge in [0.15, 0.2) is 0 Å². The number of carbonyl (C=O) groups excluding carboxylic acids is 1. The van der Waals surface area contributed by atoms with Crippen molar-refractivity contribution in [1.29, 1.82) is 0 Å². The highest BCUT2D eigenvalue weighted by atomic mass is 16.2. The third kappa shape index (κ3) is 3.62. The van der Waals surface area contributed by atoms with Crippen LogP contribution in [0.3, 0.4) is 0 Å². The van der Waals surface area contributed by atoms with Gasteiger partial charge in [-0.15, -0.1) is 0 Å². The number of carbonyl (C=O) groups is 1. The molecule has 1 atom stereocenters. The lowest BCUT2D eigenvalue weighted by Gasteiger charge is -2.20. The van der Waals surface area contributed by atoms with Crippen molar-refractivity contribution in [2.75, 3.05) is 23.8 Å². The van der Waals surface area contributed by atoms with Gasteiger partial charge in [-0.2, -0.15) is 0 Å². The van der Waals surface area contributed by atoms with Crippen molar-refractivity contribution in [3.8, 4) is 11.4 Å². The molecule has 1 amide bonds. The van der Waals surface area contributed by atoms with Crippen molar-refractivity contribution < 1.29 is 4.79 Å². The molecule has 1 unspecified atom stereocenters. The summed E-state index contributed by atoms with van der Waals surface area (Å²) < 4.78 is 2.12. The molecule has 4 aromatic rings. The summed E-state index contributed by atoms with van der Waals surface area (Å²) in [5.74, 6) is 0.865. The maximum absolute atomic E-state index is 13.2. The molecule has 0 aliphatic carbocycles. The van der Waals surface area contributed by atoms with Gasteiger partial charge in [-0.05, 0) is 48.9 Å². The maximum atomic E-state index is 13.2. The second-order valence-electron chi connectivity index (χ2n) is 8.31. The smallest absolute Gasteiger partial charge is 0.247 e. The second-order valence-corrected chi connectivity index (χ2v) is 8.31. The van der Waals surface area contributed by atoms with Gasteiger partial charge in [0.1, 0.15) is 11.9 Å². The predicted octanol–water partition coefficient (Wildman–Crippen LogP) is 5.07. The van der Waals surface area contributed by atoms with Crippen LogP contribution in [-0.4, -0.2) is 34.0 Å². The number of aromatic nitrogens is 3. The third-order valence-electron chi connectivity index (χ3n) is 6.14. The van der Waals surface area contributed by atoms with Gasteiger partial charge in [0.25, 0.3) is 0 Å². The fraction of sp³-hybridized carbons (Fsp3) is 0.269. The Balaban J connectivity index is 1.56. The highest BCUT2D eigenvalue weighted by molar-refractivity contribution is 6.02. The Bertz CT molecular complexity index is 1260. The van der Waals surface area contributed by atoms with Crippen LogP contribution in [-0.2, 0) is 11.2 Å². The predicted molar refractivity (Wildman–Crippen MR) is 129 cm³/mol. The molecule has 6 nitrogen and oxygen atoms in total. The summed E-state index contributed by atoms with van der Waals surface area (Å²) in [6.45, 7) is 2.95. The molecule has 6 heteroatoms. The zero-order valence-corrected chi connectivity index (χ0v) is 18.5. The number of anilines is 2. The van der Waals surface area contributed by atoms with Crippen LogP contribution < -0.4 is 10.2 Å². The second kappa shape index (κ2) is 8.46. The van der Waals surface area contributed by atoms with Crippen molar-refractivity contribution in [3.05, 3.63) is 72.6 Å². The average molecular weight is 426 g/mol. The molecule has 3 heterocycles. The van der Waals surface area contributed by atoms with E-state index in [9.17, 15) is 4.79 Å². The lowest BCUT2D eigenvalue weighted by Crippen LogP contribution is -2.24. The van der Waals surface area contributed by atoms with Crippen molar-refractivity contribution >= 4 is 28.3 Å². The average Bonchev–Trinajstić information content (AvgIpc) is 3.16. The molecule has 1 N–H and O–H groups in total. The minimum absolute atomic E-state index is 0.0197. The van der Waals surface area contributed by atoms with Crippen LogP contribution in [0.15, 0.2) is 66.9 Å². The SMILES string of the molecule is CCCC1C(=O)Nc2ccc(N(C)CCc3ccccn3)cc2-c2nc3ccccc3n21. The number of fused-ring (bicyclic) bond motifs is 5. The van der Waals surface area contributed by atoms with Gasteiger partial charge in [-0.3, -0.25) is 9.78 Å². The zero-order valence-electron chi connectivity index (χ0n) is 18.5. The topological polar surface area (TPSA) is 63.1 Å². The summed E-state index contributed by atoms with van der Waals surface area (Å²) in [6, 6.07) is 20.0. The van der Waals surface area contributed by atoms with E-state index in [0.29, 0.717) is 0 Å². The number of likely N-dealkylation sites (N-methyl/N-ethyl adjacent to an activating group) is 1. The highest BCUT2D eigenvalue weighted by Crippen LogP contribution is 2.39. The number of nitrogens with one attached hydrogen (secondary N) is 1. The van der Waals surface area contributed by atoms with Gasteiger partial charge in [0, 0.05) is 43.2 Å². The standard InChI is InChI=1S/C26H27N5O/c1-3-8-24-26(32)29-21-13-12-19(30(2)16-14-18-9-6-7-15-27-18)17-20(21)25-28-22-10-4-5-11-23(22)31(24)25/h4-7,9-13,15,17,24H,3,8,14,16H2,1-2H3,(H,29,32). The fourth-order valence-electron chi connectivity index (χ4n) is 4.44. The largest absolute Gasteiger partial charge is 0.374 e. The van der Waals surface area contributed by atoms with Crippen LogP contribution in [0.5, 0.6) is 0 Å². The van der Waals surface area contributed by atoms with Crippen molar-refractivity contribution in [1.82, 2.24) is 14.5 Å². The van der Waals surface area contributed by atoms with Crippen LogP contribution in [0.25, 0.3) is 22.4 Å². The van der Waals surface area contributed by atoms with Crippen LogP contribution in [0.4, 0.5) is 11.4 Å². The molecular formula is C26H27N5O. The van der Waals surface area contributed by atoms with E-state index in [4.69, 9.17) is 4.98 Å². The van der Waals surface area contributed by atoms with Gasteiger partial charge in [-0.25, -0.2) is 4.98 Å². The van der Waals surface area contributed by atoms with Crippen LogP contribution in [0.1, 0.15) is 31.5 Å².